The Hall–Kier alpha value is -3.05. The van der Waals surface area contributed by atoms with Gasteiger partial charge in [0.05, 0.1) is 43.5 Å². The van der Waals surface area contributed by atoms with E-state index in [0.717, 1.165) is 5.57 Å². The summed E-state index contributed by atoms with van der Waals surface area (Å²) in [4.78, 5) is 40.3. The summed E-state index contributed by atoms with van der Waals surface area (Å²) < 4.78 is 49.0. The van der Waals surface area contributed by atoms with Crippen LogP contribution >= 0.6 is 0 Å². The lowest BCUT2D eigenvalue weighted by molar-refractivity contribution is -0.386. The van der Waals surface area contributed by atoms with Gasteiger partial charge in [0.2, 0.25) is 0 Å². The van der Waals surface area contributed by atoms with Gasteiger partial charge in [-0.25, -0.2) is 14.4 Å². The molecule has 0 aromatic carbocycles. The number of carboxylic acid groups (broad SMARTS) is 1. The van der Waals surface area contributed by atoms with Crippen molar-refractivity contribution < 1.29 is 114 Å². The number of rotatable bonds is 14. The number of aliphatic hydroxyl groups excluding tert-OH is 11. The van der Waals surface area contributed by atoms with Gasteiger partial charge >= 0.3 is 17.9 Å². The first-order valence-corrected chi connectivity index (χ1v) is 28.1. The second-order valence-corrected chi connectivity index (χ2v) is 26.0. The van der Waals surface area contributed by atoms with Gasteiger partial charge < -0.3 is 99.2 Å². The van der Waals surface area contributed by atoms with Gasteiger partial charge in [0.25, 0.3) is 0 Å². The molecule has 0 radical (unpaired) electrons. The second-order valence-electron chi connectivity index (χ2n) is 26.0. The monoisotopic (exact) mass is 1140 g/mol. The number of fused-ring (bicyclic) bond motifs is 7. The van der Waals surface area contributed by atoms with Crippen LogP contribution in [0.3, 0.4) is 0 Å². The molecule has 26 atom stereocenters. The number of aliphatic carboxylic acids is 1. The third kappa shape index (κ3) is 9.76. The van der Waals surface area contributed by atoms with Crippen molar-refractivity contribution in [1.29, 1.82) is 0 Å². The van der Waals surface area contributed by atoms with Crippen LogP contribution in [0.25, 0.3) is 0 Å². The van der Waals surface area contributed by atoms with E-state index in [1.807, 2.05) is 34.6 Å². The SMILES string of the molecule is C/C=C(/C)C(=O)O[C@H]1[C@H](OC(=O)/C(C)=C\C)[C@@]2(CO)[C@H](CC1(C)C)C1=CC[C@H]3[C@@]4(C)CC[C@H](O[C@@H]5O[C@H](C(=O)O)[C@@H](O)[C@H](O[C@@H]6O[C@@H](CO)[C@H](O)[C@H]6O)[C@H]5O[C@@H]5O[C@H](CO)[C@H](O)[C@H](O)[C@H]5O)C(C)(C)[C@H]4CC[C@@]3(C)[C@]1(C)[C@@H](O)[C@H]2O. The first-order valence-electron chi connectivity index (χ1n) is 28.1. The number of allylic oxidation sites excluding steroid dienone is 3. The molecule has 5 aliphatic carbocycles. The molecule has 0 spiro atoms. The molecule has 4 saturated carbocycles. The minimum atomic E-state index is -2.13. The lowest BCUT2D eigenvalue weighted by atomic mass is 9.32. The van der Waals surface area contributed by atoms with Crippen LogP contribution in [0.4, 0.5) is 0 Å². The van der Waals surface area contributed by atoms with Crippen molar-refractivity contribution in [3.63, 3.8) is 0 Å². The van der Waals surface area contributed by atoms with Crippen LogP contribution in [0.2, 0.25) is 0 Å². The highest BCUT2D eigenvalue weighted by molar-refractivity contribution is 5.89. The summed E-state index contributed by atoms with van der Waals surface area (Å²) >= 11 is 0. The summed E-state index contributed by atoms with van der Waals surface area (Å²) in [6.07, 6.45) is -24.0. The van der Waals surface area contributed by atoms with E-state index in [1.54, 1.807) is 39.8 Å². The maximum absolute atomic E-state index is 13.9. The molecule has 80 heavy (non-hydrogen) atoms. The molecular weight excluding hydrogens is 1050 g/mol. The highest BCUT2D eigenvalue weighted by Crippen LogP contribution is 2.76. The fraction of sp³-hybridized carbons (Fsp3) is 0.842. The van der Waals surface area contributed by atoms with Crippen molar-refractivity contribution in [3.8, 4) is 0 Å². The number of carbonyl (C=O) groups excluding carboxylic acids is 2. The van der Waals surface area contributed by atoms with Gasteiger partial charge in [-0.3, -0.25) is 0 Å². The van der Waals surface area contributed by atoms with Crippen LogP contribution in [-0.4, -0.2) is 216 Å². The zero-order valence-electron chi connectivity index (χ0n) is 47.7. The van der Waals surface area contributed by atoms with Crippen LogP contribution in [0.5, 0.6) is 0 Å². The van der Waals surface area contributed by atoms with Crippen molar-refractivity contribution >= 4 is 17.9 Å². The molecule has 23 heteroatoms. The molecule has 0 amide bonds. The highest BCUT2D eigenvalue weighted by Gasteiger charge is 2.76. The van der Waals surface area contributed by atoms with Crippen LogP contribution in [0.1, 0.15) is 115 Å². The molecule has 8 aliphatic rings. The predicted molar refractivity (Wildman–Crippen MR) is 277 cm³/mol. The van der Waals surface area contributed by atoms with Gasteiger partial charge in [-0.1, -0.05) is 72.3 Å². The molecule has 3 aliphatic heterocycles. The molecule has 0 bridgehead atoms. The van der Waals surface area contributed by atoms with Crippen LogP contribution < -0.4 is 0 Å². The summed E-state index contributed by atoms with van der Waals surface area (Å²) in [5.74, 6) is -4.01. The van der Waals surface area contributed by atoms with Crippen LogP contribution in [-0.2, 0) is 52.3 Å². The Bertz CT molecular complexity index is 2390. The smallest absolute Gasteiger partial charge is 0.335 e. The van der Waals surface area contributed by atoms with E-state index < -0.39 is 193 Å². The molecular formula is C57H88O23. The Labute approximate surface area is 466 Å². The maximum Gasteiger partial charge on any atom is 0.335 e. The first-order chi connectivity index (χ1) is 37.3. The number of aliphatic hydroxyl groups is 11. The summed E-state index contributed by atoms with van der Waals surface area (Å²) in [6.45, 7) is 18.4. The van der Waals surface area contributed by atoms with E-state index >= 15 is 0 Å². The average molecular weight is 1140 g/mol. The second kappa shape index (κ2) is 22.7. The molecule has 0 aromatic rings. The summed E-state index contributed by atoms with van der Waals surface area (Å²) in [7, 11) is 0. The van der Waals surface area contributed by atoms with Crippen molar-refractivity contribution in [2.24, 2.45) is 50.2 Å². The van der Waals surface area contributed by atoms with E-state index in [0.29, 0.717) is 37.7 Å². The summed E-state index contributed by atoms with van der Waals surface area (Å²) in [5.41, 5.74) is -4.40. The van der Waals surface area contributed by atoms with E-state index in [4.69, 9.17) is 37.9 Å². The Morgan fingerprint density at radius 3 is 1.71 bits per heavy atom. The summed E-state index contributed by atoms with van der Waals surface area (Å²) in [6, 6.07) is 0. The van der Waals surface area contributed by atoms with E-state index in [-0.39, 0.29) is 23.8 Å². The molecule has 8 rings (SSSR count). The molecule has 7 fully saturated rings. The zero-order valence-corrected chi connectivity index (χ0v) is 47.7. The fourth-order valence-corrected chi connectivity index (χ4v) is 16.2. The van der Waals surface area contributed by atoms with Gasteiger partial charge in [0, 0.05) is 22.0 Å². The quantitative estimate of drug-likeness (QED) is 0.0480. The molecule has 3 saturated heterocycles. The third-order valence-electron chi connectivity index (χ3n) is 21.4. The lowest BCUT2D eigenvalue weighted by Crippen LogP contribution is -2.76. The minimum Gasteiger partial charge on any atom is -0.479 e. The number of carboxylic acids is 1. The van der Waals surface area contributed by atoms with Gasteiger partial charge in [-0.05, 0) is 100 Å². The van der Waals surface area contributed by atoms with E-state index in [9.17, 15) is 75.7 Å². The van der Waals surface area contributed by atoms with Gasteiger partial charge in [0.15, 0.2) is 31.1 Å². The Kier molecular flexibility index (Phi) is 17.9. The number of hydrogen-bond acceptors (Lipinski definition) is 22. The molecule has 12 N–H and O–H groups in total. The minimum absolute atomic E-state index is 0.153. The lowest BCUT2D eigenvalue weighted by Gasteiger charge is -2.73. The fourth-order valence-electron chi connectivity index (χ4n) is 16.2. The van der Waals surface area contributed by atoms with Crippen molar-refractivity contribution in [1.82, 2.24) is 0 Å². The Balaban J connectivity index is 1.14. The van der Waals surface area contributed by atoms with Crippen molar-refractivity contribution in [2.45, 2.75) is 231 Å². The molecule has 0 aromatic heterocycles. The zero-order chi connectivity index (χ0) is 59.3. The van der Waals surface area contributed by atoms with Gasteiger partial charge in [-0.2, -0.15) is 0 Å². The number of carbonyl (C=O) groups is 3. The van der Waals surface area contributed by atoms with Gasteiger partial charge in [-0.15, -0.1) is 0 Å². The first kappa shape index (κ1) is 63.0. The third-order valence-corrected chi connectivity index (χ3v) is 21.4. The normalized spacial score (nSPS) is 49.0. The van der Waals surface area contributed by atoms with E-state index in [2.05, 4.69) is 19.9 Å². The molecule has 0 unspecified atom stereocenters. The standard InChI is InChI=1S/C57H88O23/c1-12-24(3)47(71)79-44-45(80-48(72)25(4)13-2)57(23-60)27(20-52(44,5)6)26-14-15-31-54(9)18-17-32(53(7,8)30(54)16-19-55(31,10)56(26,11)42(67)43(57)68)75-51-41(78-50-37(65)35(63)33(61)28(21-58)73-50)39(38(66)40(77-51)46(69)70)76-49-36(64)34(62)29(22-59)74-49/h12-14,27-45,49-51,58-68H,15-23H2,1-11H3,(H,69,70)/b24-12-,25-13-/t27-,28-,29+,30-,31+,32+,33+,34+,35+,36-,37-,38+,39+,40+,41-,42+,43-,44+,45+,49+,50+,51-,54+,55-,56+,57+/m1/s1. The highest BCUT2D eigenvalue weighted by atomic mass is 16.8. The number of hydrogen-bond donors (Lipinski definition) is 12. The van der Waals surface area contributed by atoms with Crippen molar-refractivity contribution in [3.05, 3.63) is 34.9 Å². The number of esters is 2. The molecule has 23 nitrogen and oxygen atoms in total. The topological polar surface area (TPSA) is 368 Å². The average Bonchev–Trinajstić information content (AvgIpc) is 3.72. The van der Waals surface area contributed by atoms with Crippen LogP contribution in [0.15, 0.2) is 34.9 Å². The number of ether oxygens (including phenoxy) is 8. The maximum atomic E-state index is 13.9. The molecule has 454 valence electrons. The van der Waals surface area contributed by atoms with Crippen LogP contribution in [0, 0.1) is 50.2 Å². The Morgan fingerprint density at radius 1 is 0.637 bits per heavy atom. The predicted octanol–water partition coefficient (Wildman–Crippen LogP) is 0.263. The van der Waals surface area contributed by atoms with Crippen molar-refractivity contribution in [2.75, 3.05) is 19.8 Å². The van der Waals surface area contributed by atoms with Gasteiger partial charge in [0.1, 0.15) is 67.1 Å². The Morgan fingerprint density at radius 2 is 1.18 bits per heavy atom. The molecule has 3 heterocycles. The largest absolute Gasteiger partial charge is 0.479 e. The summed E-state index contributed by atoms with van der Waals surface area (Å²) in [5, 5.41) is 134. The van der Waals surface area contributed by atoms with E-state index in [1.165, 1.54) is 0 Å².